The zero-order valence-electron chi connectivity index (χ0n) is 13.8. The zero-order valence-corrected chi connectivity index (χ0v) is 13.8. The molecule has 0 spiro atoms. The number of esters is 1. The van der Waals surface area contributed by atoms with E-state index in [1.807, 2.05) is 13.0 Å². The average molecular weight is 314 g/mol. The molecule has 0 atom stereocenters. The van der Waals surface area contributed by atoms with Crippen molar-refractivity contribution in [3.63, 3.8) is 0 Å². The van der Waals surface area contributed by atoms with Crippen LogP contribution in [0.3, 0.4) is 0 Å². The number of aromatic amines is 1. The van der Waals surface area contributed by atoms with Crippen molar-refractivity contribution in [3.8, 4) is 0 Å². The van der Waals surface area contributed by atoms with Crippen LogP contribution in [0.25, 0.3) is 0 Å². The second-order valence-corrected chi connectivity index (χ2v) is 5.41. The monoisotopic (exact) mass is 314 g/mol. The fraction of sp³-hybridized carbons (Fsp3) is 0.389. The predicted octanol–water partition coefficient (Wildman–Crippen LogP) is 2.66. The Labute approximate surface area is 135 Å². The lowest BCUT2D eigenvalue weighted by Gasteiger charge is -2.09. The zero-order chi connectivity index (χ0) is 16.8. The van der Waals surface area contributed by atoms with Crippen LogP contribution in [-0.2, 0) is 24.0 Å². The van der Waals surface area contributed by atoms with Crippen LogP contribution in [0.1, 0.15) is 53.3 Å². The van der Waals surface area contributed by atoms with Crippen molar-refractivity contribution in [1.29, 1.82) is 0 Å². The van der Waals surface area contributed by atoms with Gasteiger partial charge >= 0.3 is 5.97 Å². The van der Waals surface area contributed by atoms with Gasteiger partial charge in [0.2, 0.25) is 0 Å². The Balaban J connectivity index is 2.36. The predicted molar refractivity (Wildman–Crippen MR) is 88.8 cm³/mol. The molecule has 122 valence electrons. The highest BCUT2D eigenvalue weighted by molar-refractivity contribution is 5.89. The summed E-state index contributed by atoms with van der Waals surface area (Å²) >= 11 is 0. The molecule has 0 unspecified atom stereocenters. The molecule has 0 saturated heterocycles. The molecule has 2 rings (SSSR count). The summed E-state index contributed by atoms with van der Waals surface area (Å²) in [6, 6.07) is 7.14. The molecule has 0 aliphatic rings. The Morgan fingerprint density at radius 3 is 2.74 bits per heavy atom. The largest absolute Gasteiger partial charge is 0.465 e. The number of aryl methyl sites for hydroxylation is 2. The molecule has 23 heavy (non-hydrogen) atoms. The SMILES string of the molecule is CCCc1nc(CC)c(Cc2cccc(C(=O)OC)c2)c(=O)[nH]1. The van der Waals surface area contributed by atoms with Gasteiger partial charge in [-0.1, -0.05) is 26.0 Å². The Bertz CT molecular complexity index is 750. The van der Waals surface area contributed by atoms with Gasteiger partial charge in [-0.3, -0.25) is 4.79 Å². The maximum Gasteiger partial charge on any atom is 0.337 e. The molecule has 2 aromatic rings. The normalized spacial score (nSPS) is 10.6. The number of H-pyrrole nitrogens is 1. The smallest absolute Gasteiger partial charge is 0.337 e. The van der Waals surface area contributed by atoms with E-state index >= 15 is 0 Å². The molecule has 5 nitrogen and oxygen atoms in total. The third kappa shape index (κ3) is 4.06. The molecule has 0 saturated carbocycles. The molecular weight excluding hydrogens is 292 g/mol. The van der Waals surface area contributed by atoms with E-state index in [0.717, 1.165) is 29.9 Å². The number of carbonyl (C=O) groups is 1. The first-order chi connectivity index (χ1) is 11.1. The van der Waals surface area contributed by atoms with Crippen LogP contribution < -0.4 is 5.56 Å². The first kappa shape index (κ1) is 16.9. The van der Waals surface area contributed by atoms with Crippen LogP contribution in [-0.4, -0.2) is 23.0 Å². The van der Waals surface area contributed by atoms with Gasteiger partial charge in [-0.2, -0.15) is 0 Å². The quantitative estimate of drug-likeness (QED) is 0.832. The summed E-state index contributed by atoms with van der Waals surface area (Å²) in [7, 11) is 1.35. The summed E-state index contributed by atoms with van der Waals surface area (Å²) in [5.74, 6) is 0.356. The van der Waals surface area contributed by atoms with Gasteiger partial charge in [0.05, 0.1) is 18.4 Å². The minimum atomic E-state index is -0.382. The van der Waals surface area contributed by atoms with Gasteiger partial charge in [0.15, 0.2) is 0 Å². The second kappa shape index (κ2) is 7.72. The maximum atomic E-state index is 12.4. The molecule has 1 heterocycles. The van der Waals surface area contributed by atoms with Crippen LogP contribution in [0.5, 0.6) is 0 Å². The second-order valence-electron chi connectivity index (χ2n) is 5.41. The molecular formula is C18H22N2O3. The number of aromatic nitrogens is 2. The number of benzene rings is 1. The lowest BCUT2D eigenvalue weighted by atomic mass is 10.0. The summed E-state index contributed by atoms with van der Waals surface area (Å²) < 4.78 is 4.73. The number of methoxy groups -OCH3 is 1. The summed E-state index contributed by atoms with van der Waals surface area (Å²) in [6.07, 6.45) is 2.85. The Hall–Kier alpha value is -2.43. The van der Waals surface area contributed by atoms with Crippen molar-refractivity contribution in [3.05, 3.63) is 62.8 Å². The molecule has 0 amide bonds. The molecule has 0 aliphatic carbocycles. The number of carbonyl (C=O) groups excluding carboxylic acids is 1. The van der Waals surface area contributed by atoms with Crippen LogP contribution in [0.15, 0.2) is 29.1 Å². The van der Waals surface area contributed by atoms with Crippen molar-refractivity contribution < 1.29 is 9.53 Å². The molecule has 0 radical (unpaired) electrons. The van der Waals surface area contributed by atoms with E-state index in [0.29, 0.717) is 24.0 Å². The van der Waals surface area contributed by atoms with Crippen molar-refractivity contribution >= 4 is 5.97 Å². The van der Waals surface area contributed by atoms with Crippen molar-refractivity contribution in [2.24, 2.45) is 0 Å². The van der Waals surface area contributed by atoms with Gasteiger partial charge in [-0.25, -0.2) is 9.78 Å². The van der Waals surface area contributed by atoms with Gasteiger partial charge in [-0.15, -0.1) is 0 Å². The van der Waals surface area contributed by atoms with Gasteiger partial charge in [-0.05, 0) is 30.5 Å². The molecule has 0 bridgehead atoms. The molecule has 0 aliphatic heterocycles. The van der Waals surface area contributed by atoms with Crippen LogP contribution in [0.4, 0.5) is 0 Å². The standard InChI is InChI=1S/C18H22N2O3/c1-4-7-16-19-15(5-2)14(17(21)20-16)11-12-8-6-9-13(10-12)18(22)23-3/h6,8-10H,4-5,7,11H2,1-3H3,(H,19,20,21). The highest BCUT2D eigenvalue weighted by Gasteiger charge is 2.12. The lowest BCUT2D eigenvalue weighted by Crippen LogP contribution is -2.20. The summed E-state index contributed by atoms with van der Waals surface area (Å²) in [6.45, 7) is 4.05. The highest BCUT2D eigenvalue weighted by atomic mass is 16.5. The fourth-order valence-electron chi connectivity index (χ4n) is 2.56. The Kier molecular flexibility index (Phi) is 5.68. The minimum absolute atomic E-state index is 0.0937. The number of ether oxygens (including phenoxy) is 1. The van der Waals surface area contributed by atoms with Crippen LogP contribution in [0.2, 0.25) is 0 Å². The van der Waals surface area contributed by atoms with Gasteiger partial charge in [0.25, 0.3) is 5.56 Å². The van der Waals surface area contributed by atoms with Crippen molar-refractivity contribution in [2.45, 2.75) is 39.5 Å². The minimum Gasteiger partial charge on any atom is -0.465 e. The number of nitrogens with zero attached hydrogens (tertiary/aromatic N) is 1. The molecule has 5 heteroatoms. The van der Waals surface area contributed by atoms with Crippen molar-refractivity contribution in [1.82, 2.24) is 9.97 Å². The topological polar surface area (TPSA) is 72.0 Å². The van der Waals surface area contributed by atoms with Crippen LogP contribution >= 0.6 is 0 Å². The Morgan fingerprint density at radius 1 is 1.30 bits per heavy atom. The number of nitrogens with one attached hydrogen (secondary N) is 1. The molecule has 0 fully saturated rings. The van der Waals surface area contributed by atoms with E-state index in [9.17, 15) is 9.59 Å². The fourth-order valence-corrected chi connectivity index (χ4v) is 2.56. The van der Waals surface area contributed by atoms with Crippen molar-refractivity contribution in [2.75, 3.05) is 7.11 Å². The first-order valence-corrected chi connectivity index (χ1v) is 7.87. The van der Waals surface area contributed by atoms with E-state index in [4.69, 9.17) is 4.74 Å². The number of hydrogen-bond acceptors (Lipinski definition) is 4. The molecule has 1 aromatic carbocycles. The number of rotatable bonds is 6. The average Bonchev–Trinajstić information content (AvgIpc) is 2.56. The molecule has 1 N–H and O–H groups in total. The van der Waals surface area contributed by atoms with Gasteiger partial charge < -0.3 is 9.72 Å². The first-order valence-electron chi connectivity index (χ1n) is 7.87. The Morgan fingerprint density at radius 2 is 2.09 bits per heavy atom. The summed E-state index contributed by atoms with van der Waals surface area (Å²) in [5.41, 5.74) is 2.76. The third-order valence-electron chi connectivity index (χ3n) is 3.70. The van der Waals surface area contributed by atoms with E-state index < -0.39 is 0 Å². The summed E-state index contributed by atoms with van der Waals surface area (Å²) in [5, 5.41) is 0. The van der Waals surface area contributed by atoms with Gasteiger partial charge in [0, 0.05) is 18.4 Å². The summed E-state index contributed by atoms with van der Waals surface area (Å²) in [4.78, 5) is 31.4. The third-order valence-corrected chi connectivity index (χ3v) is 3.70. The van der Waals surface area contributed by atoms with E-state index in [1.54, 1.807) is 18.2 Å². The maximum absolute atomic E-state index is 12.4. The van der Waals surface area contributed by atoms with E-state index in [-0.39, 0.29) is 11.5 Å². The van der Waals surface area contributed by atoms with Crippen LogP contribution in [0, 0.1) is 0 Å². The molecule has 1 aromatic heterocycles. The highest BCUT2D eigenvalue weighted by Crippen LogP contribution is 2.13. The lowest BCUT2D eigenvalue weighted by molar-refractivity contribution is 0.0600. The number of hydrogen-bond donors (Lipinski definition) is 1. The van der Waals surface area contributed by atoms with E-state index in [1.165, 1.54) is 7.11 Å². The van der Waals surface area contributed by atoms with E-state index in [2.05, 4.69) is 16.9 Å². The van der Waals surface area contributed by atoms with Gasteiger partial charge in [0.1, 0.15) is 5.82 Å².